The Balaban J connectivity index is 1.45. The van der Waals surface area contributed by atoms with E-state index in [0.717, 1.165) is 26.7 Å². The molecule has 154 valence electrons. The van der Waals surface area contributed by atoms with Gasteiger partial charge >= 0.3 is 0 Å². The van der Waals surface area contributed by atoms with Gasteiger partial charge in [0.1, 0.15) is 0 Å². The van der Waals surface area contributed by atoms with Crippen LogP contribution in [0.4, 0.5) is 4.79 Å². The molecule has 0 saturated carbocycles. The maximum atomic E-state index is 12.4. The van der Waals surface area contributed by atoms with Crippen molar-refractivity contribution in [3.05, 3.63) is 75.1 Å². The number of carbonyl (C=O) groups excluding carboxylic acids is 4. The average molecular weight is 488 g/mol. The third kappa shape index (κ3) is 5.80. The van der Waals surface area contributed by atoms with Gasteiger partial charge in [-0.15, -0.1) is 0 Å². The van der Waals surface area contributed by atoms with E-state index in [1.54, 1.807) is 30.3 Å². The standard InChI is InChI=1S/C21H18BrN3O4S/c22-16-8-4-7-15(12-16)19(27)24-13-18(26)23-9-10-25-20(28)17(30-21(25)29)11-14-5-2-1-3-6-14/h1-8,11-12H,9-10,13H2,(H,23,26)(H,24,27)/b17-11-. The van der Waals surface area contributed by atoms with E-state index in [9.17, 15) is 19.2 Å². The molecule has 1 aliphatic rings. The van der Waals surface area contributed by atoms with Gasteiger partial charge in [-0.3, -0.25) is 24.1 Å². The van der Waals surface area contributed by atoms with Gasteiger partial charge in [0.15, 0.2) is 0 Å². The molecule has 2 aromatic carbocycles. The predicted octanol–water partition coefficient (Wildman–Crippen LogP) is 3.03. The number of benzene rings is 2. The van der Waals surface area contributed by atoms with Crippen LogP contribution in [-0.4, -0.2) is 47.5 Å². The fourth-order valence-corrected chi connectivity index (χ4v) is 3.92. The maximum Gasteiger partial charge on any atom is 0.293 e. The molecule has 0 aliphatic carbocycles. The van der Waals surface area contributed by atoms with Gasteiger partial charge in [-0.1, -0.05) is 52.3 Å². The van der Waals surface area contributed by atoms with Crippen molar-refractivity contribution in [2.24, 2.45) is 0 Å². The Morgan fingerprint density at radius 1 is 1.03 bits per heavy atom. The fraction of sp³-hybridized carbons (Fsp3) is 0.143. The van der Waals surface area contributed by atoms with Crippen molar-refractivity contribution < 1.29 is 19.2 Å². The zero-order valence-corrected chi connectivity index (χ0v) is 18.2. The van der Waals surface area contributed by atoms with Gasteiger partial charge in [0.2, 0.25) is 5.91 Å². The van der Waals surface area contributed by atoms with Crippen molar-refractivity contribution in [1.82, 2.24) is 15.5 Å². The van der Waals surface area contributed by atoms with E-state index in [2.05, 4.69) is 26.6 Å². The van der Waals surface area contributed by atoms with Crippen molar-refractivity contribution in [2.75, 3.05) is 19.6 Å². The average Bonchev–Trinajstić information content (AvgIpc) is 3.00. The van der Waals surface area contributed by atoms with Crippen molar-refractivity contribution in [1.29, 1.82) is 0 Å². The minimum atomic E-state index is -0.412. The van der Waals surface area contributed by atoms with Gasteiger partial charge in [-0.2, -0.15) is 0 Å². The number of thioether (sulfide) groups is 1. The lowest BCUT2D eigenvalue weighted by Gasteiger charge is -2.13. The topological polar surface area (TPSA) is 95.6 Å². The summed E-state index contributed by atoms with van der Waals surface area (Å²) in [5, 5.41) is 4.74. The molecular formula is C21H18BrN3O4S. The lowest BCUT2D eigenvalue weighted by atomic mass is 10.2. The smallest absolute Gasteiger partial charge is 0.293 e. The summed E-state index contributed by atoms with van der Waals surface area (Å²) in [6.45, 7) is -0.0501. The maximum absolute atomic E-state index is 12.4. The van der Waals surface area contributed by atoms with Crippen LogP contribution in [0.15, 0.2) is 64.0 Å². The molecule has 3 rings (SSSR count). The summed E-state index contributed by atoms with van der Waals surface area (Å²) >= 11 is 4.16. The number of amides is 4. The molecule has 2 N–H and O–H groups in total. The molecule has 0 radical (unpaired) electrons. The Morgan fingerprint density at radius 3 is 2.53 bits per heavy atom. The number of hydrogen-bond acceptors (Lipinski definition) is 5. The number of rotatable bonds is 7. The summed E-state index contributed by atoms with van der Waals surface area (Å²) in [6, 6.07) is 16.1. The van der Waals surface area contributed by atoms with Gasteiger partial charge in [0.25, 0.3) is 17.1 Å². The van der Waals surface area contributed by atoms with Crippen LogP contribution >= 0.6 is 27.7 Å². The molecule has 0 spiro atoms. The molecule has 4 amide bonds. The normalized spacial score (nSPS) is 14.8. The Morgan fingerprint density at radius 2 is 1.80 bits per heavy atom. The summed E-state index contributed by atoms with van der Waals surface area (Å²) in [6.07, 6.45) is 1.67. The summed E-state index contributed by atoms with van der Waals surface area (Å²) < 4.78 is 0.762. The van der Waals surface area contributed by atoms with E-state index >= 15 is 0 Å². The lowest BCUT2D eigenvalue weighted by Crippen LogP contribution is -2.41. The van der Waals surface area contributed by atoms with Gasteiger partial charge in [0, 0.05) is 23.1 Å². The quantitative estimate of drug-likeness (QED) is 0.585. The Kier molecular flexibility index (Phi) is 7.42. The zero-order valence-electron chi connectivity index (χ0n) is 15.8. The second kappa shape index (κ2) is 10.2. The number of halogens is 1. The molecule has 1 aliphatic heterocycles. The Labute approximate surface area is 186 Å². The number of nitrogens with one attached hydrogen (secondary N) is 2. The van der Waals surface area contributed by atoms with Gasteiger partial charge in [-0.25, -0.2) is 0 Å². The molecule has 0 atom stereocenters. The summed E-state index contributed by atoms with van der Waals surface area (Å²) in [7, 11) is 0. The van der Waals surface area contributed by atoms with Crippen LogP contribution in [0.25, 0.3) is 6.08 Å². The highest BCUT2D eigenvalue weighted by Crippen LogP contribution is 2.31. The fourth-order valence-electron chi connectivity index (χ4n) is 2.66. The van der Waals surface area contributed by atoms with Crippen LogP contribution in [0.2, 0.25) is 0 Å². The van der Waals surface area contributed by atoms with E-state index < -0.39 is 5.91 Å². The number of imide groups is 1. The number of hydrogen-bond donors (Lipinski definition) is 2. The third-order valence-electron chi connectivity index (χ3n) is 4.12. The number of carbonyl (C=O) groups is 4. The Hall–Kier alpha value is -2.91. The highest BCUT2D eigenvalue weighted by atomic mass is 79.9. The van der Waals surface area contributed by atoms with E-state index in [0.29, 0.717) is 10.5 Å². The number of nitrogens with zero attached hydrogens (tertiary/aromatic N) is 1. The first-order valence-electron chi connectivity index (χ1n) is 9.05. The predicted molar refractivity (Wildman–Crippen MR) is 119 cm³/mol. The SMILES string of the molecule is O=C(CNC(=O)c1cccc(Br)c1)NCCN1C(=O)S/C(=C\c2ccccc2)C1=O. The second-order valence-electron chi connectivity index (χ2n) is 6.29. The molecule has 30 heavy (non-hydrogen) atoms. The van der Waals surface area contributed by atoms with E-state index in [-0.39, 0.29) is 36.7 Å². The molecular weight excluding hydrogens is 470 g/mol. The third-order valence-corrected chi connectivity index (χ3v) is 5.53. The molecule has 1 saturated heterocycles. The summed E-state index contributed by atoms with van der Waals surface area (Å²) in [5.41, 5.74) is 1.26. The van der Waals surface area contributed by atoms with Gasteiger partial charge in [-0.05, 0) is 41.6 Å². The first-order chi connectivity index (χ1) is 14.4. The summed E-state index contributed by atoms with van der Waals surface area (Å²) in [4.78, 5) is 50.0. The van der Waals surface area contributed by atoms with Gasteiger partial charge in [0.05, 0.1) is 11.4 Å². The van der Waals surface area contributed by atoms with E-state index in [1.165, 1.54) is 0 Å². The van der Waals surface area contributed by atoms with Crippen LogP contribution in [0.3, 0.4) is 0 Å². The van der Waals surface area contributed by atoms with Crippen molar-refractivity contribution in [2.45, 2.75) is 0 Å². The molecule has 0 bridgehead atoms. The second-order valence-corrected chi connectivity index (χ2v) is 8.20. The van der Waals surface area contributed by atoms with E-state index in [1.807, 2.05) is 30.3 Å². The largest absolute Gasteiger partial charge is 0.353 e. The van der Waals surface area contributed by atoms with Crippen molar-refractivity contribution >= 4 is 56.7 Å². The molecule has 0 unspecified atom stereocenters. The molecule has 7 nitrogen and oxygen atoms in total. The Bertz CT molecular complexity index is 1010. The van der Waals surface area contributed by atoms with Crippen LogP contribution in [0, 0.1) is 0 Å². The van der Waals surface area contributed by atoms with Crippen LogP contribution < -0.4 is 10.6 Å². The summed E-state index contributed by atoms with van der Waals surface area (Å²) in [5.74, 6) is -1.17. The van der Waals surface area contributed by atoms with Crippen molar-refractivity contribution in [3.63, 3.8) is 0 Å². The van der Waals surface area contributed by atoms with Crippen LogP contribution in [0.5, 0.6) is 0 Å². The highest BCUT2D eigenvalue weighted by molar-refractivity contribution is 9.10. The highest BCUT2D eigenvalue weighted by Gasteiger charge is 2.34. The zero-order chi connectivity index (χ0) is 21.5. The molecule has 1 heterocycles. The molecule has 2 aromatic rings. The van der Waals surface area contributed by atoms with Gasteiger partial charge < -0.3 is 10.6 Å². The lowest BCUT2D eigenvalue weighted by molar-refractivity contribution is -0.124. The minimum Gasteiger partial charge on any atom is -0.353 e. The van der Waals surface area contributed by atoms with Crippen LogP contribution in [0.1, 0.15) is 15.9 Å². The van der Waals surface area contributed by atoms with E-state index in [4.69, 9.17) is 0 Å². The minimum absolute atomic E-state index is 0.0577. The first kappa shape index (κ1) is 21.8. The van der Waals surface area contributed by atoms with Crippen LogP contribution in [-0.2, 0) is 9.59 Å². The first-order valence-corrected chi connectivity index (χ1v) is 10.7. The molecule has 0 aromatic heterocycles. The van der Waals surface area contributed by atoms with Crippen molar-refractivity contribution in [3.8, 4) is 0 Å². The molecule has 1 fully saturated rings. The molecule has 9 heteroatoms. The monoisotopic (exact) mass is 487 g/mol.